The summed E-state index contributed by atoms with van der Waals surface area (Å²) < 4.78 is 0. The second-order valence-corrected chi connectivity index (χ2v) is 4.48. The summed E-state index contributed by atoms with van der Waals surface area (Å²) in [4.78, 5) is 13.6. The first-order chi connectivity index (χ1) is 5.79. The number of carbonyl (C=O) groups excluding carboxylic acids is 1. The zero-order chi connectivity index (χ0) is 8.55. The Hall–Kier alpha value is -0.220. The lowest BCUT2D eigenvalue weighted by Crippen LogP contribution is -2.43. The number of nitrogens with one attached hydrogen (secondary N) is 1. The average molecular weight is 186 g/mol. The topological polar surface area (TPSA) is 32.3 Å². The molecule has 0 aromatic heterocycles. The largest absolute Gasteiger partial charge is 0.341 e. The molecule has 2 rings (SSSR count). The second-order valence-electron chi connectivity index (χ2n) is 3.45. The SMILES string of the molecule is CN(C(=O)[C@H]1CSCN1)C1CC1. The van der Waals surface area contributed by atoms with Gasteiger partial charge in [-0.15, -0.1) is 11.8 Å². The van der Waals surface area contributed by atoms with Crippen molar-refractivity contribution in [3.05, 3.63) is 0 Å². The minimum atomic E-state index is 0.0839. The predicted octanol–water partition coefficient (Wildman–Crippen LogP) is 0.270. The number of nitrogens with zero attached hydrogens (tertiary/aromatic N) is 1. The molecule has 12 heavy (non-hydrogen) atoms. The van der Waals surface area contributed by atoms with E-state index < -0.39 is 0 Å². The third-order valence-electron chi connectivity index (χ3n) is 2.46. The van der Waals surface area contributed by atoms with Gasteiger partial charge >= 0.3 is 0 Å². The summed E-state index contributed by atoms with van der Waals surface area (Å²) in [6, 6.07) is 0.630. The monoisotopic (exact) mass is 186 g/mol. The fourth-order valence-electron chi connectivity index (χ4n) is 1.44. The molecule has 1 aliphatic heterocycles. The highest BCUT2D eigenvalue weighted by molar-refractivity contribution is 7.99. The van der Waals surface area contributed by atoms with Gasteiger partial charge in [0, 0.05) is 24.7 Å². The Balaban J connectivity index is 1.88. The van der Waals surface area contributed by atoms with Gasteiger partial charge in [-0.3, -0.25) is 10.1 Å². The van der Waals surface area contributed by atoms with Crippen LogP contribution in [0.15, 0.2) is 0 Å². The molecule has 0 aromatic rings. The molecule has 4 heteroatoms. The molecule has 0 radical (unpaired) electrons. The minimum Gasteiger partial charge on any atom is -0.341 e. The maximum absolute atomic E-state index is 11.7. The fraction of sp³-hybridized carbons (Fsp3) is 0.875. The molecule has 1 heterocycles. The van der Waals surface area contributed by atoms with Crippen molar-refractivity contribution in [3.8, 4) is 0 Å². The van der Waals surface area contributed by atoms with Crippen LogP contribution in [0, 0.1) is 0 Å². The van der Waals surface area contributed by atoms with Crippen molar-refractivity contribution in [2.75, 3.05) is 18.7 Å². The van der Waals surface area contributed by atoms with E-state index in [9.17, 15) is 4.79 Å². The van der Waals surface area contributed by atoms with Crippen LogP contribution in [0.25, 0.3) is 0 Å². The van der Waals surface area contributed by atoms with Crippen molar-refractivity contribution in [2.45, 2.75) is 24.9 Å². The van der Waals surface area contributed by atoms with Crippen LogP contribution < -0.4 is 5.32 Å². The van der Waals surface area contributed by atoms with E-state index in [-0.39, 0.29) is 11.9 Å². The lowest BCUT2D eigenvalue weighted by Gasteiger charge is -2.19. The smallest absolute Gasteiger partial charge is 0.240 e. The molecule has 0 aromatic carbocycles. The number of hydrogen-bond acceptors (Lipinski definition) is 3. The molecule has 1 amide bonds. The Bertz CT molecular complexity index is 183. The summed E-state index contributed by atoms with van der Waals surface area (Å²) in [5.41, 5.74) is 0. The number of carbonyl (C=O) groups is 1. The summed E-state index contributed by atoms with van der Waals surface area (Å²) >= 11 is 1.80. The van der Waals surface area contributed by atoms with Gasteiger partial charge in [0.25, 0.3) is 0 Å². The van der Waals surface area contributed by atoms with E-state index in [1.165, 1.54) is 12.8 Å². The standard InChI is InChI=1S/C8H14N2OS/c1-10(6-2-3-6)8(11)7-4-12-5-9-7/h6-7,9H,2-5H2,1H3/t7-/m1/s1. The van der Waals surface area contributed by atoms with Crippen molar-refractivity contribution >= 4 is 17.7 Å². The first kappa shape index (κ1) is 8.38. The molecule has 0 spiro atoms. The van der Waals surface area contributed by atoms with Crippen LogP contribution in [0.5, 0.6) is 0 Å². The van der Waals surface area contributed by atoms with Crippen LogP contribution in [0.1, 0.15) is 12.8 Å². The van der Waals surface area contributed by atoms with E-state index in [4.69, 9.17) is 0 Å². The highest BCUT2D eigenvalue weighted by Gasteiger charge is 2.34. The Labute approximate surface area is 76.9 Å². The highest BCUT2D eigenvalue weighted by Crippen LogP contribution is 2.26. The number of hydrogen-bond donors (Lipinski definition) is 1. The first-order valence-electron chi connectivity index (χ1n) is 4.37. The third kappa shape index (κ3) is 1.59. The van der Waals surface area contributed by atoms with Crippen molar-refractivity contribution in [1.82, 2.24) is 10.2 Å². The van der Waals surface area contributed by atoms with Crippen molar-refractivity contribution in [3.63, 3.8) is 0 Å². The van der Waals surface area contributed by atoms with Gasteiger partial charge in [-0.2, -0.15) is 0 Å². The van der Waals surface area contributed by atoms with Gasteiger partial charge in [0.15, 0.2) is 0 Å². The van der Waals surface area contributed by atoms with Gasteiger partial charge < -0.3 is 4.90 Å². The van der Waals surface area contributed by atoms with E-state index in [1.54, 1.807) is 11.8 Å². The number of rotatable bonds is 2. The zero-order valence-corrected chi connectivity index (χ0v) is 8.06. The summed E-state index contributed by atoms with van der Waals surface area (Å²) in [5, 5.41) is 3.19. The van der Waals surface area contributed by atoms with Gasteiger partial charge in [0.2, 0.25) is 5.91 Å². The van der Waals surface area contributed by atoms with Crippen LogP contribution in [-0.4, -0.2) is 41.6 Å². The molecule has 0 unspecified atom stereocenters. The lowest BCUT2D eigenvalue weighted by atomic mass is 10.3. The molecular weight excluding hydrogens is 172 g/mol. The van der Waals surface area contributed by atoms with Gasteiger partial charge in [-0.05, 0) is 12.8 Å². The zero-order valence-electron chi connectivity index (χ0n) is 7.25. The van der Waals surface area contributed by atoms with Gasteiger partial charge in [-0.25, -0.2) is 0 Å². The maximum atomic E-state index is 11.7. The van der Waals surface area contributed by atoms with Gasteiger partial charge in [-0.1, -0.05) is 0 Å². The molecule has 1 saturated heterocycles. The summed E-state index contributed by atoms with van der Waals surface area (Å²) in [7, 11) is 1.92. The quantitative estimate of drug-likeness (QED) is 0.672. The number of amides is 1. The van der Waals surface area contributed by atoms with Crippen molar-refractivity contribution < 1.29 is 4.79 Å². The molecule has 2 fully saturated rings. The molecule has 1 atom stereocenters. The Morgan fingerprint density at radius 3 is 2.83 bits per heavy atom. The highest BCUT2D eigenvalue weighted by atomic mass is 32.2. The van der Waals surface area contributed by atoms with Gasteiger partial charge in [0.05, 0.1) is 6.04 Å². The average Bonchev–Trinajstić information content (AvgIpc) is 2.79. The van der Waals surface area contributed by atoms with Crippen molar-refractivity contribution in [1.29, 1.82) is 0 Å². The Morgan fingerprint density at radius 1 is 1.58 bits per heavy atom. The van der Waals surface area contributed by atoms with Crippen LogP contribution in [0.3, 0.4) is 0 Å². The molecule has 1 aliphatic carbocycles. The molecule has 3 nitrogen and oxygen atoms in total. The van der Waals surface area contributed by atoms with Gasteiger partial charge in [0.1, 0.15) is 0 Å². The van der Waals surface area contributed by atoms with E-state index in [0.717, 1.165) is 11.6 Å². The fourth-order valence-corrected chi connectivity index (χ4v) is 2.37. The third-order valence-corrected chi connectivity index (χ3v) is 3.40. The number of thioether (sulfide) groups is 1. The first-order valence-corrected chi connectivity index (χ1v) is 5.52. The predicted molar refractivity (Wildman–Crippen MR) is 50.0 cm³/mol. The molecule has 68 valence electrons. The van der Waals surface area contributed by atoms with Crippen LogP contribution >= 0.6 is 11.8 Å². The maximum Gasteiger partial charge on any atom is 0.240 e. The van der Waals surface area contributed by atoms with E-state index in [2.05, 4.69) is 5.32 Å². The summed E-state index contributed by atoms with van der Waals surface area (Å²) in [5.74, 6) is 2.15. The molecule has 2 aliphatic rings. The van der Waals surface area contributed by atoms with E-state index >= 15 is 0 Å². The van der Waals surface area contributed by atoms with Crippen LogP contribution in [0.2, 0.25) is 0 Å². The van der Waals surface area contributed by atoms with E-state index in [0.29, 0.717) is 6.04 Å². The number of likely N-dealkylation sites (N-methyl/N-ethyl adjacent to an activating group) is 1. The summed E-state index contributed by atoms with van der Waals surface area (Å²) in [6.45, 7) is 0. The van der Waals surface area contributed by atoms with E-state index in [1.807, 2.05) is 11.9 Å². The minimum absolute atomic E-state index is 0.0839. The Kier molecular flexibility index (Phi) is 2.28. The van der Waals surface area contributed by atoms with Crippen LogP contribution in [-0.2, 0) is 4.79 Å². The normalized spacial score (nSPS) is 28.9. The molecular formula is C8H14N2OS. The second kappa shape index (κ2) is 3.26. The molecule has 0 bridgehead atoms. The molecule has 1 N–H and O–H groups in total. The lowest BCUT2D eigenvalue weighted by molar-refractivity contribution is -0.131. The molecule has 1 saturated carbocycles. The Morgan fingerprint density at radius 2 is 2.33 bits per heavy atom. The van der Waals surface area contributed by atoms with Crippen LogP contribution in [0.4, 0.5) is 0 Å². The van der Waals surface area contributed by atoms with Crippen molar-refractivity contribution in [2.24, 2.45) is 0 Å². The summed E-state index contributed by atoms with van der Waals surface area (Å²) in [6.07, 6.45) is 2.39.